The number of hydrazine groups is 1. The quantitative estimate of drug-likeness (QED) is 0.596. The minimum atomic E-state index is -4.00. The van der Waals surface area contributed by atoms with Gasteiger partial charge < -0.3 is 0 Å². The van der Waals surface area contributed by atoms with Gasteiger partial charge in [0.15, 0.2) is 0 Å². The molecule has 0 aliphatic carbocycles. The first-order valence-electron chi connectivity index (χ1n) is 6.78. The fourth-order valence-electron chi connectivity index (χ4n) is 1.69. The molecule has 0 heterocycles. The Labute approximate surface area is 140 Å². The molecule has 128 valence electrons. The minimum absolute atomic E-state index is 0.0113. The smallest absolute Gasteiger partial charge is 0.209 e. The highest BCUT2D eigenvalue weighted by molar-refractivity contribution is 7.90. The maximum Gasteiger partial charge on any atom is 0.301 e. The first-order valence-corrected chi connectivity index (χ1v) is 9.70. The Balaban J connectivity index is 2.03. The molecule has 0 aliphatic rings. The molecule has 0 spiro atoms. The van der Waals surface area contributed by atoms with Crippen LogP contribution in [0.4, 0.5) is 0 Å². The van der Waals surface area contributed by atoms with Crippen molar-refractivity contribution in [2.75, 3.05) is 0 Å². The first kappa shape index (κ1) is 18.0. The van der Waals surface area contributed by atoms with Gasteiger partial charge in [0, 0.05) is 0 Å². The van der Waals surface area contributed by atoms with E-state index in [0.717, 1.165) is 11.1 Å². The molecule has 0 fully saturated rings. The average Bonchev–Trinajstić information content (AvgIpc) is 2.52. The molecule has 2 aromatic rings. The summed E-state index contributed by atoms with van der Waals surface area (Å²) in [5, 5.41) is 3.17. The van der Waals surface area contributed by atoms with E-state index in [4.69, 9.17) is 0 Å². The molecule has 0 amide bonds. The van der Waals surface area contributed by atoms with Gasteiger partial charge in [-0.15, -0.1) is 4.83 Å². The highest BCUT2D eigenvalue weighted by atomic mass is 32.2. The second kappa shape index (κ2) is 7.07. The highest BCUT2D eigenvalue weighted by Crippen LogP contribution is 2.13. The number of nitrogens with one attached hydrogen (secondary N) is 2. The monoisotopic (exact) mass is 368 g/mol. The molecular formula is C14H16N4O4S2. The van der Waals surface area contributed by atoms with Crippen molar-refractivity contribution in [3.8, 4) is 0 Å². The van der Waals surface area contributed by atoms with E-state index in [2.05, 4.69) is 9.74 Å². The minimum Gasteiger partial charge on any atom is -0.209 e. The number of aryl methyl sites for hydroxylation is 2. The molecule has 0 atom stereocenters. The van der Waals surface area contributed by atoms with Gasteiger partial charge in [0.1, 0.15) is 0 Å². The van der Waals surface area contributed by atoms with Crippen LogP contribution in [0.15, 0.2) is 68.1 Å². The standard InChI is InChI=1S/C14H16N4O4S2/c1-11-3-7-13(8-4-11)23(19,20)17-15-16-18-24(21,22)14-9-5-12(2)6-10-14/h3-10H,1-2H3,(H,16,17)(H,15,18). The van der Waals surface area contributed by atoms with E-state index in [1.165, 1.54) is 24.3 Å². The van der Waals surface area contributed by atoms with Crippen molar-refractivity contribution < 1.29 is 16.8 Å². The second-order valence-electron chi connectivity index (χ2n) is 5.00. The molecule has 0 saturated carbocycles. The topological polar surface area (TPSA) is 117 Å². The Kier molecular flexibility index (Phi) is 5.32. The van der Waals surface area contributed by atoms with Gasteiger partial charge in [0.05, 0.1) is 9.79 Å². The van der Waals surface area contributed by atoms with E-state index in [-0.39, 0.29) is 9.79 Å². The van der Waals surface area contributed by atoms with Crippen LogP contribution >= 0.6 is 0 Å². The number of nitrogens with zero attached hydrogens (tertiary/aromatic N) is 2. The number of hydrogen-bond acceptors (Lipinski definition) is 5. The largest absolute Gasteiger partial charge is 0.301 e. The Morgan fingerprint density at radius 2 is 1.21 bits per heavy atom. The van der Waals surface area contributed by atoms with Crippen LogP contribution in [0.1, 0.15) is 11.1 Å². The number of hydrogen-bond donors (Lipinski definition) is 2. The van der Waals surface area contributed by atoms with Gasteiger partial charge >= 0.3 is 10.0 Å². The summed E-state index contributed by atoms with van der Waals surface area (Å²) in [5.41, 5.74) is 3.72. The average molecular weight is 368 g/mol. The van der Waals surface area contributed by atoms with E-state index >= 15 is 0 Å². The normalized spacial score (nSPS) is 12.4. The summed E-state index contributed by atoms with van der Waals surface area (Å²) >= 11 is 0. The van der Waals surface area contributed by atoms with E-state index in [1.807, 2.05) is 24.2 Å². The molecule has 0 bridgehead atoms. The van der Waals surface area contributed by atoms with Gasteiger partial charge in [-0.25, -0.2) is 14.0 Å². The fourth-order valence-corrected chi connectivity index (χ4v) is 3.18. The van der Waals surface area contributed by atoms with Crippen LogP contribution < -0.4 is 10.4 Å². The molecule has 0 radical (unpaired) electrons. The molecule has 2 rings (SSSR count). The fraction of sp³-hybridized carbons (Fsp3) is 0.143. The van der Waals surface area contributed by atoms with Gasteiger partial charge in [-0.2, -0.15) is 8.42 Å². The molecule has 10 heteroatoms. The van der Waals surface area contributed by atoms with Crippen LogP contribution in [0.5, 0.6) is 0 Å². The van der Waals surface area contributed by atoms with Crippen molar-refractivity contribution in [2.24, 2.45) is 9.74 Å². The van der Waals surface area contributed by atoms with E-state index in [1.54, 1.807) is 24.3 Å². The van der Waals surface area contributed by atoms with Crippen molar-refractivity contribution in [1.29, 1.82) is 0 Å². The molecular weight excluding hydrogens is 352 g/mol. The van der Waals surface area contributed by atoms with Gasteiger partial charge in [-0.1, -0.05) is 35.4 Å². The number of sulfonamides is 2. The van der Waals surface area contributed by atoms with Gasteiger partial charge in [-0.3, -0.25) is 0 Å². The lowest BCUT2D eigenvalue weighted by Gasteiger charge is -2.05. The van der Waals surface area contributed by atoms with Crippen molar-refractivity contribution in [3.05, 3.63) is 59.7 Å². The summed E-state index contributed by atoms with van der Waals surface area (Å²) in [5.74, 6) is 0. The van der Waals surface area contributed by atoms with Crippen LogP contribution in [-0.2, 0) is 20.0 Å². The lowest BCUT2D eigenvalue weighted by atomic mass is 10.2. The SMILES string of the molecule is Cc1ccc(S(=O)(=O)N=NNNS(=O)(=O)c2ccc(C)cc2)cc1. The van der Waals surface area contributed by atoms with Crippen molar-refractivity contribution in [1.82, 2.24) is 10.4 Å². The number of benzene rings is 2. The number of rotatable bonds is 6. The molecule has 2 N–H and O–H groups in total. The summed E-state index contributed by atoms with van der Waals surface area (Å²) in [6.45, 7) is 3.64. The third-order valence-corrected chi connectivity index (χ3v) is 5.45. The lowest BCUT2D eigenvalue weighted by molar-refractivity contribution is 0.552. The Hall–Kier alpha value is -2.30. The molecule has 0 aliphatic heterocycles. The van der Waals surface area contributed by atoms with Gasteiger partial charge in [-0.05, 0) is 47.9 Å². The second-order valence-corrected chi connectivity index (χ2v) is 8.27. The zero-order chi connectivity index (χ0) is 17.8. The van der Waals surface area contributed by atoms with E-state index in [9.17, 15) is 16.8 Å². The van der Waals surface area contributed by atoms with Crippen LogP contribution in [-0.4, -0.2) is 16.8 Å². The third-order valence-electron chi connectivity index (χ3n) is 3.03. The summed E-state index contributed by atoms with van der Waals surface area (Å²) < 4.78 is 50.8. The zero-order valence-electron chi connectivity index (χ0n) is 13.0. The van der Waals surface area contributed by atoms with Crippen LogP contribution in [0.2, 0.25) is 0 Å². The maximum absolute atomic E-state index is 12.0. The van der Waals surface area contributed by atoms with Crippen LogP contribution in [0.3, 0.4) is 0 Å². The van der Waals surface area contributed by atoms with Crippen molar-refractivity contribution in [2.45, 2.75) is 23.6 Å². The Morgan fingerprint density at radius 3 is 1.71 bits per heavy atom. The highest BCUT2D eigenvalue weighted by Gasteiger charge is 2.14. The Morgan fingerprint density at radius 1 is 0.750 bits per heavy atom. The lowest BCUT2D eigenvalue weighted by Crippen LogP contribution is -2.33. The Bertz CT molecular complexity index is 935. The maximum atomic E-state index is 12.0. The van der Waals surface area contributed by atoms with Crippen LogP contribution in [0, 0.1) is 13.8 Å². The van der Waals surface area contributed by atoms with Crippen molar-refractivity contribution >= 4 is 20.0 Å². The molecule has 2 aromatic carbocycles. The summed E-state index contributed by atoms with van der Waals surface area (Å²) in [7, 11) is -7.88. The van der Waals surface area contributed by atoms with Crippen LogP contribution in [0.25, 0.3) is 0 Å². The van der Waals surface area contributed by atoms with E-state index < -0.39 is 20.0 Å². The zero-order valence-corrected chi connectivity index (χ0v) is 14.6. The first-order chi connectivity index (χ1) is 11.2. The molecule has 0 saturated heterocycles. The molecule has 0 aromatic heterocycles. The predicted octanol–water partition coefficient (Wildman–Crippen LogP) is 1.84. The molecule has 8 nitrogen and oxygen atoms in total. The van der Waals surface area contributed by atoms with Gasteiger partial charge in [0.2, 0.25) is 0 Å². The summed E-state index contributed by atoms with van der Waals surface area (Å²) in [6.07, 6.45) is 0. The molecule has 0 unspecified atom stereocenters. The summed E-state index contributed by atoms with van der Waals surface area (Å²) in [6, 6.07) is 12.1. The van der Waals surface area contributed by atoms with Gasteiger partial charge in [0.25, 0.3) is 10.0 Å². The summed E-state index contributed by atoms with van der Waals surface area (Å²) in [4.78, 5) is 1.89. The third kappa shape index (κ3) is 4.60. The van der Waals surface area contributed by atoms with Crippen molar-refractivity contribution in [3.63, 3.8) is 0 Å². The van der Waals surface area contributed by atoms with E-state index in [0.29, 0.717) is 0 Å². The molecule has 24 heavy (non-hydrogen) atoms. The predicted molar refractivity (Wildman–Crippen MR) is 87.9 cm³/mol.